The summed E-state index contributed by atoms with van der Waals surface area (Å²) in [6, 6.07) is 5.66. The first-order chi connectivity index (χ1) is 9.51. The van der Waals surface area contributed by atoms with E-state index in [1.165, 1.54) is 24.3 Å². The fourth-order valence-electron chi connectivity index (χ4n) is 1.52. The Morgan fingerprint density at radius 3 is 2.35 bits per heavy atom. The van der Waals surface area contributed by atoms with Gasteiger partial charge in [0.25, 0.3) is 0 Å². The van der Waals surface area contributed by atoms with Gasteiger partial charge in [0.05, 0.1) is 17.1 Å². The molecule has 6 nitrogen and oxygen atoms in total. The zero-order valence-electron chi connectivity index (χ0n) is 11.7. The molecule has 0 saturated heterocycles. The number of carbonyl (C=O) groups excluding carboxylic acids is 1. The SMILES string of the molecule is CCNCCNS(=O)(=O)c1ccc(C(=O)OCC)cc1. The quantitative estimate of drug-likeness (QED) is 0.547. The average molecular weight is 300 g/mol. The Bertz CT molecular complexity index is 526. The van der Waals surface area contributed by atoms with Gasteiger partial charge in [-0.15, -0.1) is 0 Å². The van der Waals surface area contributed by atoms with Gasteiger partial charge in [-0.25, -0.2) is 17.9 Å². The summed E-state index contributed by atoms with van der Waals surface area (Å²) in [5, 5.41) is 3.02. The summed E-state index contributed by atoms with van der Waals surface area (Å²) in [6.45, 7) is 5.61. The molecule has 20 heavy (non-hydrogen) atoms. The molecule has 0 bridgehead atoms. The van der Waals surface area contributed by atoms with Crippen LogP contribution < -0.4 is 10.0 Å². The first-order valence-electron chi connectivity index (χ1n) is 6.48. The van der Waals surface area contributed by atoms with Gasteiger partial charge in [-0.05, 0) is 37.7 Å². The van der Waals surface area contributed by atoms with Crippen LogP contribution in [0.3, 0.4) is 0 Å². The van der Waals surface area contributed by atoms with E-state index in [1.807, 2.05) is 6.92 Å². The van der Waals surface area contributed by atoms with Crippen LogP contribution >= 0.6 is 0 Å². The Labute approximate surface area is 119 Å². The maximum absolute atomic E-state index is 11.9. The van der Waals surface area contributed by atoms with Crippen molar-refractivity contribution in [3.8, 4) is 0 Å². The van der Waals surface area contributed by atoms with Crippen LogP contribution in [0.25, 0.3) is 0 Å². The first-order valence-corrected chi connectivity index (χ1v) is 7.97. The lowest BCUT2D eigenvalue weighted by molar-refractivity contribution is 0.0526. The zero-order valence-corrected chi connectivity index (χ0v) is 12.5. The third-order valence-electron chi connectivity index (χ3n) is 2.52. The summed E-state index contributed by atoms with van der Waals surface area (Å²) >= 11 is 0. The molecule has 0 radical (unpaired) electrons. The smallest absolute Gasteiger partial charge is 0.338 e. The van der Waals surface area contributed by atoms with E-state index in [2.05, 4.69) is 10.0 Å². The lowest BCUT2D eigenvalue weighted by Gasteiger charge is -2.07. The summed E-state index contributed by atoms with van der Waals surface area (Å²) in [5.74, 6) is -0.462. The predicted octanol–water partition coefficient (Wildman–Crippen LogP) is 0.751. The molecule has 112 valence electrons. The monoisotopic (exact) mass is 300 g/mol. The van der Waals surface area contributed by atoms with Gasteiger partial charge in [-0.2, -0.15) is 0 Å². The normalized spacial score (nSPS) is 11.3. The van der Waals surface area contributed by atoms with Crippen molar-refractivity contribution in [1.82, 2.24) is 10.0 Å². The van der Waals surface area contributed by atoms with Crippen molar-refractivity contribution in [3.63, 3.8) is 0 Å². The lowest BCUT2D eigenvalue weighted by Crippen LogP contribution is -2.31. The van der Waals surface area contributed by atoms with Crippen LogP contribution in [0.1, 0.15) is 24.2 Å². The van der Waals surface area contributed by atoms with Gasteiger partial charge < -0.3 is 10.1 Å². The molecule has 0 amide bonds. The molecule has 0 atom stereocenters. The van der Waals surface area contributed by atoms with Crippen molar-refractivity contribution < 1.29 is 17.9 Å². The average Bonchev–Trinajstić information content (AvgIpc) is 2.44. The van der Waals surface area contributed by atoms with Crippen LogP contribution in [-0.2, 0) is 14.8 Å². The standard InChI is InChI=1S/C13H20N2O4S/c1-3-14-9-10-15-20(17,18)12-7-5-11(6-8-12)13(16)19-4-2/h5-8,14-15H,3-4,9-10H2,1-2H3. The third kappa shape index (κ3) is 4.92. The highest BCUT2D eigenvalue weighted by atomic mass is 32.2. The summed E-state index contributed by atoms with van der Waals surface area (Å²) < 4.78 is 31.2. The van der Waals surface area contributed by atoms with Gasteiger partial charge in [-0.3, -0.25) is 0 Å². The Balaban J connectivity index is 2.69. The van der Waals surface area contributed by atoms with Gasteiger partial charge >= 0.3 is 5.97 Å². The second kappa shape index (κ2) is 7.98. The van der Waals surface area contributed by atoms with Crippen LogP contribution in [0.2, 0.25) is 0 Å². The van der Waals surface area contributed by atoms with Gasteiger partial charge in [0, 0.05) is 13.1 Å². The summed E-state index contributed by atoms with van der Waals surface area (Å²) in [6.07, 6.45) is 0. The van der Waals surface area contributed by atoms with E-state index < -0.39 is 16.0 Å². The molecule has 7 heteroatoms. The molecule has 1 rings (SSSR count). The molecule has 0 spiro atoms. The van der Waals surface area contributed by atoms with Gasteiger partial charge in [0.2, 0.25) is 10.0 Å². The second-order valence-corrected chi connectivity index (χ2v) is 5.76. The van der Waals surface area contributed by atoms with Crippen LogP contribution in [0.15, 0.2) is 29.2 Å². The lowest BCUT2D eigenvalue weighted by atomic mass is 10.2. The largest absolute Gasteiger partial charge is 0.462 e. The predicted molar refractivity (Wildman–Crippen MR) is 76.1 cm³/mol. The number of hydrogen-bond donors (Lipinski definition) is 2. The fraction of sp³-hybridized carbons (Fsp3) is 0.462. The Hall–Kier alpha value is -1.44. The van der Waals surface area contributed by atoms with Crippen molar-refractivity contribution in [1.29, 1.82) is 0 Å². The minimum Gasteiger partial charge on any atom is -0.462 e. The molecule has 0 heterocycles. The molecule has 0 aliphatic carbocycles. The van der Waals surface area contributed by atoms with E-state index in [0.29, 0.717) is 18.7 Å². The first kappa shape index (κ1) is 16.6. The number of ether oxygens (including phenoxy) is 1. The highest BCUT2D eigenvalue weighted by Gasteiger charge is 2.14. The summed E-state index contributed by atoms with van der Waals surface area (Å²) in [5.41, 5.74) is 0.332. The van der Waals surface area contributed by atoms with Gasteiger partial charge in [-0.1, -0.05) is 6.92 Å². The molecule has 0 fully saturated rings. The van der Waals surface area contributed by atoms with Gasteiger partial charge in [0.1, 0.15) is 0 Å². The zero-order chi connectivity index (χ0) is 15.0. The summed E-state index contributed by atoms with van der Waals surface area (Å²) in [7, 11) is -3.54. The number of sulfonamides is 1. The van der Waals surface area contributed by atoms with E-state index in [4.69, 9.17) is 4.74 Å². The molecule has 1 aromatic carbocycles. The van der Waals surface area contributed by atoms with Gasteiger partial charge in [0.15, 0.2) is 0 Å². The van der Waals surface area contributed by atoms with E-state index in [9.17, 15) is 13.2 Å². The number of likely N-dealkylation sites (N-methyl/N-ethyl adjacent to an activating group) is 1. The van der Waals surface area contributed by atoms with Crippen molar-refractivity contribution >= 4 is 16.0 Å². The molecular formula is C13H20N2O4S. The van der Waals surface area contributed by atoms with Crippen molar-refractivity contribution in [3.05, 3.63) is 29.8 Å². The Morgan fingerprint density at radius 2 is 1.80 bits per heavy atom. The Kier molecular flexibility index (Phi) is 6.63. The maximum Gasteiger partial charge on any atom is 0.338 e. The van der Waals surface area contributed by atoms with E-state index in [1.54, 1.807) is 6.92 Å². The molecule has 1 aromatic rings. The fourth-order valence-corrected chi connectivity index (χ4v) is 2.55. The van der Waals surface area contributed by atoms with Crippen LogP contribution in [0.5, 0.6) is 0 Å². The van der Waals surface area contributed by atoms with Crippen LogP contribution in [0.4, 0.5) is 0 Å². The van der Waals surface area contributed by atoms with Crippen molar-refractivity contribution in [2.75, 3.05) is 26.2 Å². The molecular weight excluding hydrogens is 280 g/mol. The highest BCUT2D eigenvalue weighted by molar-refractivity contribution is 7.89. The highest BCUT2D eigenvalue weighted by Crippen LogP contribution is 2.11. The summed E-state index contributed by atoms with van der Waals surface area (Å²) in [4.78, 5) is 11.6. The number of benzene rings is 1. The number of carbonyl (C=O) groups is 1. The minimum absolute atomic E-state index is 0.127. The minimum atomic E-state index is -3.54. The second-order valence-electron chi connectivity index (χ2n) is 4.00. The van der Waals surface area contributed by atoms with E-state index in [-0.39, 0.29) is 11.5 Å². The number of rotatable bonds is 8. The number of esters is 1. The topological polar surface area (TPSA) is 84.5 Å². The molecule has 0 unspecified atom stereocenters. The van der Waals surface area contributed by atoms with E-state index in [0.717, 1.165) is 6.54 Å². The third-order valence-corrected chi connectivity index (χ3v) is 4.00. The number of nitrogens with one attached hydrogen (secondary N) is 2. The van der Waals surface area contributed by atoms with Crippen LogP contribution in [-0.4, -0.2) is 40.6 Å². The van der Waals surface area contributed by atoms with Crippen LogP contribution in [0, 0.1) is 0 Å². The molecule has 0 aliphatic rings. The van der Waals surface area contributed by atoms with Crippen molar-refractivity contribution in [2.45, 2.75) is 18.7 Å². The molecule has 0 aromatic heterocycles. The molecule has 0 saturated carbocycles. The Morgan fingerprint density at radius 1 is 1.15 bits per heavy atom. The molecule has 0 aliphatic heterocycles. The number of hydrogen-bond acceptors (Lipinski definition) is 5. The van der Waals surface area contributed by atoms with E-state index >= 15 is 0 Å². The molecule has 2 N–H and O–H groups in total. The maximum atomic E-state index is 11.9. The van der Waals surface area contributed by atoms with Crippen molar-refractivity contribution in [2.24, 2.45) is 0 Å².